The van der Waals surface area contributed by atoms with E-state index in [1.54, 1.807) is 37.3 Å². The summed E-state index contributed by atoms with van der Waals surface area (Å²) in [4.78, 5) is 10.3. The van der Waals surface area contributed by atoms with E-state index in [4.69, 9.17) is 0 Å². The fourth-order valence-electron chi connectivity index (χ4n) is 3.91. The Labute approximate surface area is 208 Å². The molecule has 2 N–H and O–H groups in total. The van der Waals surface area contributed by atoms with Crippen LogP contribution in [0.2, 0.25) is 0 Å². The van der Waals surface area contributed by atoms with E-state index in [1.807, 2.05) is 11.9 Å². The number of alkyl halides is 3. The molecule has 0 unspecified atom stereocenters. The third-order valence-electron chi connectivity index (χ3n) is 5.74. The SMILES string of the molecule is CN[C@@H]1CCN(c2cccc(S(=O)(=O)Nc3ccc(C(F)(F)F)c(-c4ccccc4C)n3)n2)C1.Cl. The molecule has 0 amide bonds. The number of anilines is 2. The van der Waals surface area contributed by atoms with Gasteiger partial charge in [0.25, 0.3) is 10.0 Å². The number of benzene rings is 1. The van der Waals surface area contributed by atoms with E-state index in [-0.39, 0.29) is 40.6 Å². The molecule has 1 aliphatic heterocycles. The first-order chi connectivity index (χ1) is 16.1. The number of aryl methyl sites for hydroxylation is 1. The topological polar surface area (TPSA) is 87.2 Å². The highest BCUT2D eigenvalue weighted by Gasteiger charge is 2.35. The number of nitrogens with one attached hydrogen (secondary N) is 2. The van der Waals surface area contributed by atoms with Crippen molar-refractivity contribution < 1.29 is 21.6 Å². The van der Waals surface area contributed by atoms with Gasteiger partial charge in [0, 0.05) is 24.7 Å². The zero-order valence-corrected chi connectivity index (χ0v) is 20.6. The minimum absolute atomic E-state index is 0. The van der Waals surface area contributed by atoms with Crippen LogP contribution in [0.25, 0.3) is 11.3 Å². The van der Waals surface area contributed by atoms with Crippen LogP contribution in [0.1, 0.15) is 17.5 Å². The van der Waals surface area contributed by atoms with Gasteiger partial charge in [-0.05, 0) is 50.2 Å². The van der Waals surface area contributed by atoms with Crippen molar-refractivity contribution in [2.24, 2.45) is 0 Å². The first-order valence-electron chi connectivity index (χ1n) is 10.6. The van der Waals surface area contributed by atoms with Gasteiger partial charge in [-0.3, -0.25) is 4.72 Å². The molecule has 188 valence electrons. The number of hydrogen-bond acceptors (Lipinski definition) is 6. The van der Waals surface area contributed by atoms with Gasteiger partial charge in [-0.25, -0.2) is 9.97 Å². The number of rotatable bonds is 6. The summed E-state index contributed by atoms with van der Waals surface area (Å²) in [7, 11) is -2.32. The Hall–Kier alpha value is -2.89. The molecule has 0 spiro atoms. The minimum Gasteiger partial charge on any atom is -0.355 e. The fourth-order valence-corrected chi connectivity index (χ4v) is 4.88. The Balaban J connectivity index is 0.00000342. The largest absolute Gasteiger partial charge is 0.418 e. The van der Waals surface area contributed by atoms with Crippen molar-refractivity contribution in [2.75, 3.05) is 29.8 Å². The molecule has 3 heterocycles. The van der Waals surface area contributed by atoms with Crippen molar-refractivity contribution >= 4 is 34.1 Å². The highest BCUT2D eigenvalue weighted by atomic mass is 35.5. The van der Waals surface area contributed by atoms with Gasteiger partial charge in [-0.15, -0.1) is 12.4 Å². The second kappa shape index (κ2) is 10.4. The Bertz CT molecular complexity index is 1300. The van der Waals surface area contributed by atoms with Crippen molar-refractivity contribution in [1.82, 2.24) is 15.3 Å². The number of nitrogens with zero attached hydrogens (tertiary/aromatic N) is 3. The van der Waals surface area contributed by atoms with Gasteiger partial charge in [0.1, 0.15) is 11.6 Å². The highest BCUT2D eigenvalue weighted by Crippen LogP contribution is 2.38. The van der Waals surface area contributed by atoms with Gasteiger partial charge in [0.15, 0.2) is 5.03 Å². The second-order valence-corrected chi connectivity index (χ2v) is 9.69. The molecular formula is C23H25ClF3N5O2S. The average Bonchev–Trinajstić information content (AvgIpc) is 3.28. The smallest absolute Gasteiger partial charge is 0.355 e. The van der Waals surface area contributed by atoms with Crippen LogP contribution in [-0.2, 0) is 16.2 Å². The van der Waals surface area contributed by atoms with Gasteiger partial charge in [-0.1, -0.05) is 30.3 Å². The van der Waals surface area contributed by atoms with Crippen LogP contribution < -0.4 is 14.9 Å². The summed E-state index contributed by atoms with van der Waals surface area (Å²) < 4.78 is 69.3. The summed E-state index contributed by atoms with van der Waals surface area (Å²) >= 11 is 0. The maximum absolute atomic E-state index is 13.6. The van der Waals surface area contributed by atoms with Crippen LogP contribution in [0.15, 0.2) is 59.6 Å². The molecule has 0 radical (unpaired) electrons. The summed E-state index contributed by atoms with van der Waals surface area (Å²) in [5.41, 5.74) is -0.440. The lowest BCUT2D eigenvalue weighted by Gasteiger charge is -2.18. The number of hydrogen-bond donors (Lipinski definition) is 2. The Morgan fingerprint density at radius 3 is 2.43 bits per heavy atom. The van der Waals surface area contributed by atoms with Gasteiger partial charge in [0.05, 0.1) is 11.3 Å². The van der Waals surface area contributed by atoms with Crippen LogP contribution >= 0.6 is 12.4 Å². The molecule has 2 aromatic heterocycles. The molecule has 1 aromatic carbocycles. The molecule has 35 heavy (non-hydrogen) atoms. The van der Waals surface area contributed by atoms with Crippen LogP contribution in [0.5, 0.6) is 0 Å². The number of halogens is 4. The van der Waals surface area contributed by atoms with E-state index >= 15 is 0 Å². The molecule has 12 heteroatoms. The van der Waals surface area contributed by atoms with Gasteiger partial charge in [-0.2, -0.15) is 21.6 Å². The van der Waals surface area contributed by atoms with E-state index in [2.05, 4.69) is 20.0 Å². The molecule has 1 aliphatic rings. The van der Waals surface area contributed by atoms with Crippen LogP contribution in [0, 0.1) is 6.92 Å². The lowest BCUT2D eigenvalue weighted by atomic mass is 10.0. The number of aromatic nitrogens is 2. The van der Waals surface area contributed by atoms with E-state index in [0.717, 1.165) is 25.1 Å². The summed E-state index contributed by atoms with van der Waals surface area (Å²) in [5.74, 6) is 0.288. The molecule has 4 rings (SSSR count). The third kappa shape index (κ3) is 5.85. The molecule has 1 atom stereocenters. The number of sulfonamides is 1. The van der Waals surface area contributed by atoms with Crippen molar-refractivity contribution in [1.29, 1.82) is 0 Å². The second-order valence-electron chi connectivity index (χ2n) is 8.07. The monoisotopic (exact) mass is 527 g/mol. The lowest BCUT2D eigenvalue weighted by molar-refractivity contribution is -0.137. The molecule has 3 aromatic rings. The molecule has 7 nitrogen and oxygen atoms in total. The molecular weight excluding hydrogens is 503 g/mol. The van der Waals surface area contributed by atoms with Crippen LogP contribution in [0.3, 0.4) is 0 Å². The summed E-state index contributed by atoms with van der Waals surface area (Å²) in [6.45, 7) is 3.09. The Kier molecular flexibility index (Phi) is 7.93. The highest BCUT2D eigenvalue weighted by molar-refractivity contribution is 7.92. The fraction of sp³-hybridized carbons (Fsp3) is 0.304. The normalized spacial score (nSPS) is 16.1. The van der Waals surface area contributed by atoms with Gasteiger partial charge >= 0.3 is 6.18 Å². The van der Waals surface area contributed by atoms with Crippen molar-refractivity contribution in [3.8, 4) is 11.3 Å². The summed E-state index contributed by atoms with van der Waals surface area (Å²) in [6, 6.07) is 13.3. The quantitative estimate of drug-likeness (QED) is 0.491. The molecule has 0 saturated carbocycles. The van der Waals surface area contributed by atoms with E-state index < -0.39 is 21.8 Å². The average molecular weight is 528 g/mol. The predicted molar refractivity (Wildman–Crippen MR) is 131 cm³/mol. The summed E-state index contributed by atoms with van der Waals surface area (Å²) in [6.07, 6.45) is -3.75. The van der Waals surface area contributed by atoms with Crippen molar-refractivity contribution in [3.05, 3.63) is 65.7 Å². The molecule has 0 aliphatic carbocycles. The lowest BCUT2D eigenvalue weighted by Crippen LogP contribution is -2.30. The minimum atomic E-state index is -4.65. The predicted octanol–water partition coefficient (Wildman–Crippen LogP) is 4.49. The van der Waals surface area contributed by atoms with Crippen LogP contribution in [0.4, 0.5) is 24.8 Å². The first-order valence-corrected chi connectivity index (χ1v) is 12.1. The first kappa shape index (κ1) is 26.7. The van der Waals surface area contributed by atoms with E-state index in [1.165, 1.54) is 12.1 Å². The maximum atomic E-state index is 13.6. The van der Waals surface area contributed by atoms with Gasteiger partial charge in [0.2, 0.25) is 0 Å². The number of likely N-dealkylation sites (N-methyl/N-ethyl adjacent to an activating group) is 1. The Morgan fingerprint density at radius 1 is 1.03 bits per heavy atom. The third-order valence-corrected chi connectivity index (χ3v) is 7.00. The zero-order valence-electron chi connectivity index (χ0n) is 19.0. The van der Waals surface area contributed by atoms with E-state index in [0.29, 0.717) is 17.9 Å². The molecule has 1 saturated heterocycles. The van der Waals surface area contributed by atoms with Crippen LogP contribution in [-0.4, -0.2) is 44.6 Å². The van der Waals surface area contributed by atoms with Crippen molar-refractivity contribution in [2.45, 2.75) is 30.6 Å². The molecule has 0 bridgehead atoms. The maximum Gasteiger partial charge on any atom is 0.418 e. The number of pyridine rings is 2. The van der Waals surface area contributed by atoms with Crippen molar-refractivity contribution in [3.63, 3.8) is 0 Å². The standard InChI is InChI=1S/C23H24F3N5O2S.ClH/c1-15-6-3-4-7-17(15)22-18(23(24,25)26)10-11-19(28-22)30-34(32,33)21-9-5-8-20(29-21)31-13-12-16(14-31)27-2;/h3-11,16,27H,12-14H2,1-2H3,(H,28,30);1H/t16-;/m1./s1. The Morgan fingerprint density at radius 2 is 1.77 bits per heavy atom. The summed E-state index contributed by atoms with van der Waals surface area (Å²) in [5, 5.41) is 2.95. The van der Waals surface area contributed by atoms with Gasteiger partial charge < -0.3 is 10.2 Å². The molecule has 1 fully saturated rings. The zero-order chi connectivity index (χ0) is 24.5. The van der Waals surface area contributed by atoms with E-state index in [9.17, 15) is 21.6 Å².